The van der Waals surface area contributed by atoms with E-state index in [4.69, 9.17) is 9.97 Å². The highest BCUT2D eigenvalue weighted by atomic mass is 14.8. The molecule has 0 saturated carbocycles. The number of hydrogen-bond donors (Lipinski definition) is 0. The number of fused-ring (bicyclic) bond motifs is 7. The van der Waals surface area contributed by atoms with Gasteiger partial charge in [-0.2, -0.15) is 0 Å². The largest absolute Gasteiger partial charge is 0.243 e. The van der Waals surface area contributed by atoms with Gasteiger partial charge >= 0.3 is 0 Å². The van der Waals surface area contributed by atoms with E-state index in [1.165, 1.54) is 66.8 Å². The summed E-state index contributed by atoms with van der Waals surface area (Å²) in [5.74, 6) is 0. The zero-order valence-corrected chi connectivity index (χ0v) is 46.1. The summed E-state index contributed by atoms with van der Waals surface area (Å²) in [5, 5.41) is 0. The Hall–Kier alpha value is -10.8. The van der Waals surface area contributed by atoms with Gasteiger partial charge in [0.15, 0.2) is 0 Å². The molecule has 14 aromatic rings. The Bertz CT molecular complexity index is 4420. The highest BCUT2D eigenvalue weighted by Gasteiger charge is 2.48. The Morgan fingerprint density at radius 3 is 0.786 bits per heavy atom. The lowest BCUT2D eigenvalue weighted by Gasteiger charge is -2.34. The molecule has 0 saturated heterocycles. The van der Waals surface area contributed by atoms with Crippen molar-refractivity contribution in [2.45, 2.75) is 10.8 Å². The van der Waals surface area contributed by atoms with Crippen molar-refractivity contribution in [2.75, 3.05) is 0 Å². The van der Waals surface area contributed by atoms with Crippen LogP contribution in [0.3, 0.4) is 0 Å². The number of nitrogens with zero attached hydrogens (tertiary/aromatic N) is 2. The maximum Gasteiger partial charge on any atom is 0.0979 e. The van der Waals surface area contributed by atoms with E-state index in [0.29, 0.717) is 0 Å². The third-order valence-electron chi connectivity index (χ3n) is 17.9. The summed E-state index contributed by atoms with van der Waals surface area (Å²) < 4.78 is 0. The molecule has 0 unspecified atom stereocenters. The van der Waals surface area contributed by atoms with E-state index in [-0.39, 0.29) is 0 Å². The normalized spacial score (nSPS) is 13.2. The molecule has 0 spiro atoms. The van der Waals surface area contributed by atoms with E-state index in [1.807, 2.05) is 0 Å². The van der Waals surface area contributed by atoms with Crippen LogP contribution in [0.25, 0.3) is 100 Å². The van der Waals surface area contributed by atoms with Crippen molar-refractivity contribution in [3.63, 3.8) is 0 Å². The Morgan fingerprint density at radius 1 is 0.179 bits per heavy atom. The third kappa shape index (κ3) is 7.51. The van der Waals surface area contributed by atoms with Gasteiger partial charge in [-0.05, 0) is 112 Å². The topological polar surface area (TPSA) is 25.8 Å². The van der Waals surface area contributed by atoms with Crippen LogP contribution in [0.15, 0.2) is 328 Å². The highest BCUT2D eigenvalue weighted by molar-refractivity contribution is 6.07. The van der Waals surface area contributed by atoms with Gasteiger partial charge in [-0.1, -0.05) is 315 Å². The smallest absolute Gasteiger partial charge is 0.0979 e. The molecule has 0 aliphatic heterocycles. The summed E-state index contributed by atoms with van der Waals surface area (Å²) in [5.41, 5.74) is 27.4. The summed E-state index contributed by atoms with van der Waals surface area (Å²) >= 11 is 0. The molecule has 16 rings (SSSR count). The Morgan fingerprint density at radius 2 is 0.440 bits per heavy atom. The molecule has 0 radical (unpaired) electrons. The fourth-order valence-electron chi connectivity index (χ4n) is 14.3. The van der Waals surface area contributed by atoms with Gasteiger partial charge in [0.25, 0.3) is 0 Å². The molecule has 0 fully saturated rings. The molecule has 2 aliphatic rings. The summed E-state index contributed by atoms with van der Waals surface area (Å²) in [7, 11) is 0. The molecule has 13 aromatic carbocycles. The zero-order valence-electron chi connectivity index (χ0n) is 46.1. The van der Waals surface area contributed by atoms with Crippen molar-refractivity contribution < 1.29 is 0 Å². The van der Waals surface area contributed by atoms with Crippen molar-refractivity contribution in [3.05, 3.63) is 372 Å². The maximum absolute atomic E-state index is 6.21. The van der Waals surface area contributed by atoms with Gasteiger partial charge in [-0.3, -0.25) is 0 Å². The van der Waals surface area contributed by atoms with E-state index < -0.39 is 10.8 Å². The number of hydrogen-bond acceptors (Lipinski definition) is 2. The van der Waals surface area contributed by atoms with Gasteiger partial charge in [-0.25, -0.2) is 9.97 Å². The lowest BCUT2D eigenvalue weighted by Crippen LogP contribution is -2.28. The first-order chi connectivity index (χ1) is 41.7. The highest BCUT2D eigenvalue weighted by Crippen LogP contribution is 2.59. The van der Waals surface area contributed by atoms with Crippen molar-refractivity contribution in [1.29, 1.82) is 0 Å². The third-order valence-corrected chi connectivity index (χ3v) is 17.9. The van der Waals surface area contributed by atoms with Crippen molar-refractivity contribution in [2.24, 2.45) is 0 Å². The summed E-state index contributed by atoms with van der Waals surface area (Å²) in [6.45, 7) is 0. The molecule has 84 heavy (non-hydrogen) atoms. The second-order valence-electron chi connectivity index (χ2n) is 22.2. The summed E-state index contributed by atoms with van der Waals surface area (Å²) in [6, 6.07) is 120. The Balaban J connectivity index is 1.04. The molecular weight excluding hydrogens is 1010 g/mol. The lowest BCUT2D eigenvalue weighted by atomic mass is 9.67. The van der Waals surface area contributed by atoms with E-state index in [0.717, 1.165) is 78.1 Å². The fourth-order valence-corrected chi connectivity index (χ4v) is 14.3. The first-order valence-corrected chi connectivity index (χ1v) is 29.1. The second-order valence-corrected chi connectivity index (χ2v) is 22.2. The molecule has 2 nitrogen and oxygen atoms in total. The van der Waals surface area contributed by atoms with Crippen molar-refractivity contribution in [3.8, 4) is 89.3 Å². The molecule has 2 heteroatoms. The van der Waals surface area contributed by atoms with E-state index in [9.17, 15) is 0 Å². The Labute approximate surface area is 490 Å². The fraction of sp³-hybridized carbons (Fsp3) is 0.0244. The monoisotopic (exact) mass is 1070 g/mol. The van der Waals surface area contributed by atoms with Gasteiger partial charge < -0.3 is 0 Å². The first-order valence-electron chi connectivity index (χ1n) is 29.1. The molecule has 1 heterocycles. The number of benzene rings is 13. The van der Waals surface area contributed by atoms with Crippen molar-refractivity contribution in [1.82, 2.24) is 9.97 Å². The molecule has 1 aromatic heterocycles. The molecular formula is C82H54N2. The van der Waals surface area contributed by atoms with Gasteiger partial charge in [0.05, 0.1) is 33.3 Å². The van der Waals surface area contributed by atoms with Gasteiger partial charge in [0.1, 0.15) is 0 Å². The van der Waals surface area contributed by atoms with Crippen LogP contribution in [0, 0.1) is 0 Å². The van der Waals surface area contributed by atoms with Gasteiger partial charge in [0.2, 0.25) is 0 Å². The van der Waals surface area contributed by atoms with E-state index in [2.05, 4.69) is 328 Å². The maximum atomic E-state index is 6.21. The second kappa shape index (κ2) is 20.0. The minimum Gasteiger partial charge on any atom is -0.243 e. The van der Waals surface area contributed by atoms with E-state index >= 15 is 0 Å². The first kappa shape index (κ1) is 49.1. The van der Waals surface area contributed by atoms with Crippen LogP contribution in [-0.4, -0.2) is 9.97 Å². The molecule has 0 N–H and O–H groups in total. The standard InChI is InChI=1S/C82H54N2/c1-7-27-55(28-8-1)63-39-19-21-41-65(63)71-51-52-72(66-42-22-20-40-64(66)56-29-9-2-10-30-56)80-79(71)83-77(57-47-49-69-67-43-23-25-45-73(67)81(75(69)53-57,59-31-11-3-12-32-59)60-33-13-4-14-34-60)78(84-80)58-48-50-70-68-44-24-26-46-74(68)82(76(70)54-58,61-35-15-5-16-36-61)62-37-17-6-18-38-62/h1-54H. The number of rotatable bonds is 10. The van der Waals surface area contributed by atoms with Crippen LogP contribution in [-0.2, 0) is 10.8 Å². The molecule has 2 aliphatic carbocycles. The lowest BCUT2D eigenvalue weighted by molar-refractivity contribution is 0.768. The van der Waals surface area contributed by atoms with Gasteiger partial charge in [0, 0.05) is 22.3 Å². The number of aromatic nitrogens is 2. The average Bonchev–Trinajstić information content (AvgIpc) is 1.60. The van der Waals surface area contributed by atoms with Gasteiger partial charge in [-0.15, -0.1) is 0 Å². The van der Waals surface area contributed by atoms with Crippen LogP contribution in [0.2, 0.25) is 0 Å². The van der Waals surface area contributed by atoms with Crippen LogP contribution in [0.1, 0.15) is 44.5 Å². The molecule has 0 atom stereocenters. The van der Waals surface area contributed by atoms with Crippen LogP contribution < -0.4 is 0 Å². The van der Waals surface area contributed by atoms with Crippen molar-refractivity contribution >= 4 is 11.0 Å². The summed E-state index contributed by atoms with van der Waals surface area (Å²) in [6.07, 6.45) is 0. The van der Waals surface area contributed by atoms with Crippen LogP contribution in [0.4, 0.5) is 0 Å². The van der Waals surface area contributed by atoms with E-state index in [1.54, 1.807) is 0 Å². The quantitative estimate of drug-likeness (QED) is 0.136. The predicted molar refractivity (Wildman–Crippen MR) is 347 cm³/mol. The minimum atomic E-state index is -0.632. The molecule has 392 valence electrons. The minimum absolute atomic E-state index is 0.632. The SMILES string of the molecule is c1ccc(-c2ccccc2-c2ccc(-c3ccccc3-c3ccccc3)c3nc(-c4ccc5c(c4)C(c4ccccc4)(c4ccccc4)c4ccccc4-5)c(-c4ccc5c(c4)C(c4ccccc4)(c4ccccc4)c4ccccc4-5)nc23)cc1. The van der Waals surface area contributed by atoms with Crippen LogP contribution >= 0.6 is 0 Å². The van der Waals surface area contributed by atoms with Crippen LogP contribution in [0.5, 0.6) is 0 Å². The molecule has 0 amide bonds. The summed E-state index contributed by atoms with van der Waals surface area (Å²) in [4.78, 5) is 12.4. The Kier molecular flexibility index (Phi) is 11.7. The molecule has 0 bridgehead atoms. The average molecular weight is 1070 g/mol. The predicted octanol–water partition coefficient (Wildman–Crippen LogP) is 20.4. The zero-order chi connectivity index (χ0) is 55.6.